The van der Waals surface area contributed by atoms with Crippen molar-refractivity contribution in [3.63, 3.8) is 0 Å². The van der Waals surface area contributed by atoms with Crippen LogP contribution >= 0.6 is 0 Å². The molecule has 1 aliphatic rings. The van der Waals surface area contributed by atoms with Gasteiger partial charge in [0.25, 0.3) is 0 Å². The first-order chi connectivity index (χ1) is 16.8. The summed E-state index contributed by atoms with van der Waals surface area (Å²) in [5.41, 5.74) is -1.60. The molecule has 37 heavy (non-hydrogen) atoms. The summed E-state index contributed by atoms with van der Waals surface area (Å²) in [7, 11) is 0. The third-order valence-electron chi connectivity index (χ3n) is 6.28. The highest BCUT2D eigenvalue weighted by atomic mass is 19.4. The Balaban J connectivity index is 1.72. The van der Waals surface area contributed by atoms with Gasteiger partial charge in [-0.25, -0.2) is 19.2 Å². The van der Waals surface area contributed by atoms with Crippen LogP contribution < -0.4 is 0 Å². The molecule has 0 spiro atoms. The second kappa shape index (κ2) is 9.79. The van der Waals surface area contributed by atoms with E-state index in [0.29, 0.717) is 16.9 Å². The number of imide groups is 1. The number of imidazole rings is 1. The summed E-state index contributed by atoms with van der Waals surface area (Å²) in [6.45, 7) is 6.75. The van der Waals surface area contributed by atoms with Crippen LogP contribution in [0.15, 0.2) is 18.5 Å². The third-order valence-corrected chi connectivity index (χ3v) is 6.28. The number of likely N-dealkylation sites (tertiary alicyclic amines) is 1. The summed E-state index contributed by atoms with van der Waals surface area (Å²) < 4.78 is 86.5. The quantitative estimate of drug-likeness (QED) is 0.430. The fraction of sp³-hybridized carbons (Fsp3) is 0.667. The average molecular weight is 537 g/mol. The van der Waals surface area contributed by atoms with Crippen LogP contribution in [-0.4, -0.2) is 55.5 Å². The van der Waals surface area contributed by atoms with Crippen molar-refractivity contribution in [3.05, 3.63) is 29.7 Å². The molecule has 0 saturated carbocycles. The van der Waals surface area contributed by atoms with Crippen LogP contribution in [-0.2, 0) is 22.4 Å². The summed E-state index contributed by atoms with van der Waals surface area (Å²) in [5, 5.41) is 4.17. The molecule has 1 saturated heterocycles. The molecular formula is C24H30F6N4O3. The van der Waals surface area contributed by atoms with Crippen molar-refractivity contribution >= 4 is 17.6 Å². The number of rotatable bonds is 6. The van der Waals surface area contributed by atoms with Gasteiger partial charge < -0.3 is 4.74 Å². The van der Waals surface area contributed by atoms with Crippen LogP contribution in [0.2, 0.25) is 0 Å². The summed E-state index contributed by atoms with van der Waals surface area (Å²) in [6, 6.07) is -0.738. The number of hydrogen-bond acceptors (Lipinski definition) is 5. The first-order valence-electron chi connectivity index (χ1n) is 11.8. The van der Waals surface area contributed by atoms with Gasteiger partial charge in [0.1, 0.15) is 11.6 Å². The molecule has 0 radical (unpaired) electrons. The van der Waals surface area contributed by atoms with Crippen LogP contribution in [0.3, 0.4) is 0 Å². The highest BCUT2D eigenvalue weighted by molar-refractivity contribution is 5.96. The molecule has 0 aliphatic carbocycles. The van der Waals surface area contributed by atoms with E-state index in [1.807, 2.05) is 0 Å². The topological polar surface area (TPSA) is 76.8 Å². The molecule has 2 atom stereocenters. The molecule has 0 N–H and O–H groups in total. The lowest BCUT2D eigenvalue weighted by atomic mass is 9.86. The number of aryl methyl sites for hydroxylation is 1. The van der Waals surface area contributed by atoms with Crippen LogP contribution in [0.1, 0.15) is 65.1 Å². The number of carbonyl (C=O) groups is 2. The third kappa shape index (κ3) is 6.72. The maximum atomic E-state index is 13.7. The molecule has 0 aromatic carbocycles. The van der Waals surface area contributed by atoms with E-state index in [0.717, 1.165) is 13.8 Å². The fourth-order valence-electron chi connectivity index (χ4n) is 4.14. The molecule has 2 unspecified atom stereocenters. The summed E-state index contributed by atoms with van der Waals surface area (Å²) >= 11 is 0. The van der Waals surface area contributed by atoms with Crippen LogP contribution in [0.5, 0.6) is 0 Å². The Labute approximate surface area is 210 Å². The fourth-order valence-corrected chi connectivity index (χ4v) is 4.14. The lowest BCUT2D eigenvalue weighted by Gasteiger charge is -2.28. The van der Waals surface area contributed by atoms with Gasteiger partial charge in [-0.05, 0) is 64.5 Å². The number of carbonyl (C=O) groups excluding carboxylic acids is 2. The number of amides is 2. The molecule has 3 heterocycles. The zero-order valence-electron chi connectivity index (χ0n) is 21.2. The van der Waals surface area contributed by atoms with E-state index in [9.17, 15) is 35.9 Å². The van der Waals surface area contributed by atoms with Gasteiger partial charge in [0.15, 0.2) is 5.65 Å². The zero-order chi connectivity index (χ0) is 28.0. The van der Waals surface area contributed by atoms with Gasteiger partial charge in [0.05, 0.1) is 23.5 Å². The molecule has 3 rings (SSSR count). The number of nitrogens with zero attached hydrogens (tertiary/aromatic N) is 4. The number of hydrogen-bond donors (Lipinski definition) is 0. The van der Waals surface area contributed by atoms with Crippen molar-refractivity contribution in [1.82, 2.24) is 19.5 Å². The lowest BCUT2D eigenvalue weighted by molar-refractivity contribution is -0.213. The van der Waals surface area contributed by atoms with Gasteiger partial charge in [0, 0.05) is 5.92 Å². The maximum absolute atomic E-state index is 13.7. The SMILES string of the molecule is CC(C)(C)OC(=O)N1C(=O)C(Cc2cnn3cc(CCCC(C)(C)C(F)(F)F)nc3c2)CC1C(F)(F)F. The Morgan fingerprint density at radius 1 is 1.11 bits per heavy atom. The molecule has 2 aromatic rings. The largest absolute Gasteiger partial charge is 0.443 e. The van der Waals surface area contributed by atoms with Crippen molar-refractivity contribution in [3.8, 4) is 0 Å². The van der Waals surface area contributed by atoms with E-state index >= 15 is 0 Å². The highest BCUT2D eigenvalue weighted by Gasteiger charge is 2.56. The van der Waals surface area contributed by atoms with E-state index in [2.05, 4.69) is 10.1 Å². The normalized spacial score (nSPS) is 19.6. The molecule has 206 valence electrons. The molecule has 1 fully saturated rings. The first-order valence-corrected chi connectivity index (χ1v) is 11.8. The van der Waals surface area contributed by atoms with Gasteiger partial charge in [-0.15, -0.1) is 0 Å². The van der Waals surface area contributed by atoms with Crippen molar-refractivity contribution in [2.45, 2.75) is 90.7 Å². The lowest BCUT2D eigenvalue weighted by Crippen LogP contribution is -2.48. The first kappa shape index (κ1) is 28.7. The van der Waals surface area contributed by atoms with Crippen molar-refractivity contribution in [2.75, 3.05) is 0 Å². The summed E-state index contributed by atoms with van der Waals surface area (Å²) in [6.07, 6.45) is -7.77. The van der Waals surface area contributed by atoms with Crippen LogP contribution in [0.4, 0.5) is 31.1 Å². The molecule has 2 aromatic heterocycles. The van der Waals surface area contributed by atoms with Gasteiger partial charge in [0.2, 0.25) is 5.91 Å². The summed E-state index contributed by atoms with van der Waals surface area (Å²) in [4.78, 5) is 29.7. The van der Waals surface area contributed by atoms with Crippen molar-refractivity contribution in [2.24, 2.45) is 11.3 Å². The Morgan fingerprint density at radius 2 is 1.76 bits per heavy atom. The Hall–Kier alpha value is -2.86. The van der Waals surface area contributed by atoms with Crippen LogP contribution in [0.25, 0.3) is 5.65 Å². The van der Waals surface area contributed by atoms with Crippen molar-refractivity contribution < 1.29 is 40.7 Å². The van der Waals surface area contributed by atoms with Crippen molar-refractivity contribution in [1.29, 1.82) is 0 Å². The van der Waals surface area contributed by atoms with E-state index in [-0.39, 0.29) is 30.6 Å². The maximum Gasteiger partial charge on any atom is 0.417 e. The highest BCUT2D eigenvalue weighted by Crippen LogP contribution is 2.41. The standard InChI is InChI=1S/C24H30F6N4O3/c1-21(2,3)37-20(36)34-17(23(25,26)27)11-15(19(34)35)9-14-10-18-32-16(13-33(18)31-12-14)7-6-8-22(4,5)24(28,29)30/h10,12-13,15,17H,6-9,11H2,1-5H3. The zero-order valence-corrected chi connectivity index (χ0v) is 21.2. The van der Waals surface area contributed by atoms with Gasteiger partial charge in [-0.3, -0.25) is 4.79 Å². The second-order valence-electron chi connectivity index (χ2n) is 11.0. The van der Waals surface area contributed by atoms with E-state index in [4.69, 9.17) is 4.74 Å². The number of alkyl halides is 6. The van der Waals surface area contributed by atoms with Gasteiger partial charge >= 0.3 is 18.4 Å². The number of aromatic nitrogens is 3. The molecular weight excluding hydrogens is 506 g/mol. The molecule has 7 nitrogen and oxygen atoms in total. The minimum atomic E-state index is -4.82. The number of halogens is 6. The van der Waals surface area contributed by atoms with Crippen LogP contribution in [0, 0.1) is 11.3 Å². The average Bonchev–Trinajstić information content (AvgIpc) is 3.26. The predicted octanol–water partition coefficient (Wildman–Crippen LogP) is 5.90. The van der Waals surface area contributed by atoms with E-state index in [1.54, 1.807) is 12.3 Å². The number of fused-ring (bicyclic) bond motifs is 1. The summed E-state index contributed by atoms with van der Waals surface area (Å²) in [5.74, 6) is -2.10. The molecule has 1 aliphatic heterocycles. The monoisotopic (exact) mass is 536 g/mol. The molecule has 13 heteroatoms. The Morgan fingerprint density at radius 3 is 2.32 bits per heavy atom. The minimum Gasteiger partial charge on any atom is -0.443 e. The predicted molar refractivity (Wildman–Crippen MR) is 120 cm³/mol. The Kier molecular flexibility index (Phi) is 7.59. The molecule has 0 bridgehead atoms. The van der Waals surface area contributed by atoms with E-state index < -0.39 is 53.7 Å². The second-order valence-corrected chi connectivity index (χ2v) is 11.0. The van der Waals surface area contributed by atoms with Gasteiger partial charge in [-0.1, -0.05) is 13.8 Å². The number of ether oxygens (including phenoxy) is 1. The van der Waals surface area contributed by atoms with Gasteiger partial charge in [-0.2, -0.15) is 31.4 Å². The Bertz CT molecular complexity index is 1150. The smallest absolute Gasteiger partial charge is 0.417 e. The minimum absolute atomic E-state index is 0.0820. The van der Waals surface area contributed by atoms with E-state index in [1.165, 1.54) is 31.5 Å². The molecule has 2 amide bonds.